The average Bonchev–Trinajstić information content (AvgIpc) is 2.47. The highest BCUT2D eigenvalue weighted by Gasteiger charge is 2.12. The normalized spacial score (nSPS) is 12.7. The third-order valence-electron chi connectivity index (χ3n) is 3.58. The fourth-order valence-electron chi connectivity index (χ4n) is 2.34. The summed E-state index contributed by atoms with van der Waals surface area (Å²) in [4.78, 5) is 2.46. The Balaban J connectivity index is 2.69. The van der Waals surface area contributed by atoms with Gasteiger partial charge < -0.3 is 15.0 Å². The van der Waals surface area contributed by atoms with E-state index in [1.807, 2.05) is 6.07 Å². The average molecular weight is 264 g/mol. The van der Waals surface area contributed by atoms with Crippen molar-refractivity contribution in [2.24, 2.45) is 0 Å². The van der Waals surface area contributed by atoms with Crippen molar-refractivity contribution in [3.63, 3.8) is 0 Å². The molecule has 0 saturated heterocycles. The number of ether oxygens (including phenoxy) is 1. The van der Waals surface area contributed by atoms with Crippen LogP contribution in [-0.4, -0.2) is 38.2 Å². The van der Waals surface area contributed by atoms with Crippen molar-refractivity contribution in [2.75, 3.05) is 33.3 Å². The molecule has 3 nitrogen and oxygen atoms in total. The van der Waals surface area contributed by atoms with Gasteiger partial charge in [-0.15, -0.1) is 0 Å². The van der Waals surface area contributed by atoms with E-state index in [1.54, 1.807) is 7.11 Å². The number of methoxy groups -OCH3 is 1. The minimum atomic E-state index is 0.403. The van der Waals surface area contributed by atoms with Crippen LogP contribution in [0.1, 0.15) is 38.8 Å². The summed E-state index contributed by atoms with van der Waals surface area (Å²) in [5.74, 6) is 0.934. The fourth-order valence-corrected chi connectivity index (χ4v) is 2.34. The summed E-state index contributed by atoms with van der Waals surface area (Å²) in [6, 6.07) is 8.78. The third-order valence-corrected chi connectivity index (χ3v) is 3.58. The van der Waals surface area contributed by atoms with Crippen molar-refractivity contribution >= 4 is 0 Å². The second-order valence-electron chi connectivity index (χ2n) is 4.70. The standard InChI is InChI=1S/C16H28N2O/c1-5-17-16(11-12-18(6-2)7-3)14-9-8-10-15(13-14)19-4/h8-10,13,16-17H,5-7,11-12H2,1-4H3. The summed E-state index contributed by atoms with van der Waals surface area (Å²) >= 11 is 0. The summed E-state index contributed by atoms with van der Waals surface area (Å²) in [6.07, 6.45) is 1.13. The van der Waals surface area contributed by atoms with Crippen LogP contribution < -0.4 is 10.1 Å². The monoisotopic (exact) mass is 264 g/mol. The smallest absolute Gasteiger partial charge is 0.119 e. The molecule has 1 aromatic carbocycles. The lowest BCUT2D eigenvalue weighted by atomic mass is 10.0. The van der Waals surface area contributed by atoms with Crippen LogP contribution in [0.3, 0.4) is 0 Å². The van der Waals surface area contributed by atoms with E-state index in [-0.39, 0.29) is 0 Å². The van der Waals surface area contributed by atoms with Crippen molar-refractivity contribution in [3.8, 4) is 5.75 Å². The Morgan fingerprint density at radius 3 is 2.53 bits per heavy atom. The molecule has 0 fully saturated rings. The first kappa shape index (κ1) is 16.0. The van der Waals surface area contributed by atoms with Crippen LogP contribution in [0.5, 0.6) is 5.75 Å². The SMILES string of the molecule is CCNC(CCN(CC)CC)c1cccc(OC)c1. The van der Waals surface area contributed by atoms with E-state index in [0.717, 1.165) is 38.3 Å². The number of hydrogen-bond donors (Lipinski definition) is 1. The zero-order valence-corrected chi connectivity index (χ0v) is 12.8. The van der Waals surface area contributed by atoms with Gasteiger partial charge in [0.2, 0.25) is 0 Å². The molecule has 0 aliphatic carbocycles. The molecule has 0 saturated carbocycles. The molecule has 1 N–H and O–H groups in total. The number of nitrogens with one attached hydrogen (secondary N) is 1. The van der Waals surface area contributed by atoms with E-state index < -0.39 is 0 Å². The predicted octanol–water partition coefficient (Wildman–Crippen LogP) is 3.08. The second-order valence-corrected chi connectivity index (χ2v) is 4.70. The van der Waals surface area contributed by atoms with Gasteiger partial charge in [-0.1, -0.05) is 32.9 Å². The molecule has 1 rings (SSSR count). The lowest BCUT2D eigenvalue weighted by Crippen LogP contribution is -2.29. The summed E-state index contributed by atoms with van der Waals surface area (Å²) in [7, 11) is 1.72. The Morgan fingerprint density at radius 2 is 1.95 bits per heavy atom. The van der Waals surface area contributed by atoms with Gasteiger partial charge in [-0.2, -0.15) is 0 Å². The summed E-state index contributed by atoms with van der Waals surface area (Å²) < 4.78 is 5.31. The quantitative estimate of drug-likeness (QED) is 0.742. The molecule has 108 valence electrons. The molecule has 0 aliphatic rings. The molecule has 0 radical (unpaired) electrons. The molecule has 1 aromatic rings. The molecule has 19 heavy (non-hydrogen) atoms. The van der Waals surface area contributed by atoms with Crippen molar-refractivity contribution in [3.05, 3.63) is 29.8 Å². The van der Waals surface area contributed by atoms with Gasteiger partial charge in [-0.25, -0.2) is 0 Å². The first-order chi connectivity index (χ1) is 9.24. The molecule has 1 unspecified atom stereocenters. The van der Waals surface area contributed by atoms with E-state index in [2.05, 4.69) is 49.2 Å². The molecule has 0 spiro atoms. The van der Waals surface area contributed by atoms with Crippen LogP contribution in [0.4, 0.5) is 0 Å². The molecule has 3 heteroatoms. The molecular weight excluding hydrogens is 236 g/mol. The number of rotatable bonds is 9. The number of benzene rings is 1. The first-order valence-electron chi connectivity index (χ1n) is 7.34. The minimum absolute atomic E-state index is 0.403. The fraction of sp³-hybridized carbons (Fsp3) is 0.625. The van der Waals surface area contributed by atoms with Crippen LogP contribution in [-0.2, 0) is 0 Å². The zero-order valence-electron chi connectivity index (χ0n) is 12.8. The van der Waals surface area contributed by atoms with E-state index in [9.17, 15) is 0 Å². The van der Waals surface area contributed by atoms with Gasteiger partial charge in [0, 0.05) is 6.04 Å². The van der Waals surface area contributed by atoms with E-state index in [0.29, 0.717) is 6.04 Å². The van der Waals surface area contributed by atoms with Gasteiger partial charge in [0.1, 0.15) is 5.75 Å². The van der Waals surface area contributed by atoms with E-state index in [1.165, 1.54) is 5.56 Å². The molecular formula is C16H28N2O. The number of nitrogens with zero attached hydrogens (tertiary/aromatic N) is 1. The van der Waals surface area contributed by atoms with E-state index in [4.69, 9.17) is 4.74 Å². The van der Waals surface area contributed by atoms with Gasteiger partial charge in [-0.05, 0) is 50.3 Å². The van der Waals surface area contributed by atoms with Crippen LogP contribution in [0.15, 0.2) is 24.3 Å². The highest BCUT2D eigenvalue weighted by molar-refractivity contribution is 5.30. The van der Waals surface area contributed by atoms with Crippen LogP contribution in [0, 0.1) is 0 Å². The second kappa shape index (κ2) is 8.94. The molecule has 0 bridgehead atoms. The Kier molecular flexibility index (Phi) is 7.53. The summed E-state index contributed by atoms with van der Waals surface area (Å²) in [5, 5.41) is 3.57. The Bertz CT molecular complexity index is 350. The summed E-state index contributed by atoms with van der Waals surface area (Å²) in [5.41, 5.74) is 1.31. The van der Waals surface area contributed by atoms with Gasteiger partial charge in [-0.3, -0.25) is 0 Å². The molecule has 0 amide bonds. The minimum Gasteiger partial charge on any atom is -0.497 e. The summed E-state index contributed by atoms with van der Waals surface area (Å²) in [6.45, 7) is 10.9. The van der Waals surface area contributed by atoms with Crippen molar-refractivity contribution in [2.45, 2.75) is 33.2 Å². The maximum Gasteiger partial charge on any atom is 0.119 e. The zero-order chi connectivity index (χ0) is 14.1. The first-order valence-corrected chi connectivity index (χ1v) is 7.34. The van der Waals surface area contributed by atoms with E-state index >= 15 is 0 Å². The number of hydrogen-bond acceptors (Lipinski definition) is 3. The Labute approximate surface area is 118 Å². The van der Waals surface area contributed by atoms with Crippen molar-refractivity contribution < 1.29 is 4.74 Å². The Morgan fingerprint density at radius 1 is 1.21 bits per heavy atom. The topological polar surface area (TPSA) is 24.5 Å². The molecule has 0 aromatic heterocycles. The lowest BCUT2D eigenvalue weighted by Gasteiger charge is -2.24. The largest absolute Gasteiger partial charge is 0.497 e. The van der Waals surface area contributed by atoms with Gasteiger partial charge in [0.25, 0.3) is 0 Å². The van der Waals surface area contributed by atoms with Gasteiger partial charge in [0.05, 0.1) is 7.11 Å². The van der Waals surface area contributed by atoms with Gasteiger partial charge in [0.15, 0.2) is 0 Å². The lowest BCUT2D eigenvalue weighted by molar-refractivity contribution is 0.282. The van der Waals surface area contributed by atoms with Crippen LogP contribution in [0.2, 0.25) is 0 Å². The highest BCUT2D eigenvalue weighted by Crippen LogP contribution is 2.21. The maximum atomic E-state index is 5.31. The van der Waals surface area contributed by atoms with Gasteiger partial charge >= 0.3 is 0 Å². The molecule has 1 atom stereocenters. The van der Waals surface area contributed by atoms with Crippen molar-refractivity contribution in [1.29, 1.82) is 0 Å². The predicted molar refractivity (Wildman–Crippen MR) is 81.8 cm³/mol. The van der Waals surface area contributed by atoms with Crippen LogP contribution in [0.25, 0.3) is 0 Å². The van der Waals surface area contributed by atoms with Crippen LogP contribution >= 0.6 is 0 Å². The van der Waals surface area contributed by atoms with Crippen molar-refractivity contribution in [1.82, 2.24) is 10.2 Å². The molecule has 0 heterocycles. The maximum absolute atomic E-state index is 5.31. The third kappa shape index (κ3) is 5.21. The Hall–Kier alpha value is -1.06. The highest BCUT2D eigenvalue weighted by atomic mass is 16.5. The molecule has 0 aliphatic heterocycles.